The quantitative estimate of drug-likeness (QED) is 0.231. The maximum absolute atomic E-state index is 14.3. The lowest BCUT2D eigenvalue weighted by Crippen LogP contribution is -2.58. The molecule has 0 saturated carbocycles. The summed E-state index contributed by atoms with van der Waals surface area (Å²) in [6, 6.07) is 11.5. The maximum atomic E-state index is 14.3. The molecule has 0 N–H and O–H groups in total. The molecule has 0 spiro atoms. The van der Waals surface area contributed by atoms with Crippen LogP contribution in [0.4, 0.5) is 5.82 Å². The van der Waals surface area contributed by atoms with E-state index >= 15 is 0 Å². The molecule has 0 radical (unpaired) electrons. The fourth-order valence-corrected chi connectivity index (χ4v) is 6.48. The van der Waals surface area contributed by atoms with E-state index in [2.05, 4.69) is 39.2 Å². The first-order valence-electron chi connectivity index (χ1n) is 14.8. The molecule has 1 aliphatic rings. The summed E-state index contributed by atoms with van der Waals surface area (Å²) in [5, 5.41) is 1.13. The average Bonchev–Trinajstić information content (AvgIpc) is 2.96. The predicted octanol–water partition coefficient (Wildman–Crippen LogP) is 6.66. The Morgan fingerprint density at radius 3 is 2.33 bits per heavy atom. The Morgan fingerprint density at radius 1 is 1.05 bits per heavy atom. The Balaban J connectivity index is 1.85. The molecule has 0 bridgehead atoms. The summed E-state index contributed by atoms with van der Waals surface area (Å²) < 4.78 is 1.62. The summed E-state index contributed by atoms with van der Waals surface area (Å²) in [7, 11) is 0. The van der Waals surface area contributed by atoms with Gasteiger partial charge < -0.3 is 9.80 Å². The molecule has 0 aliphatic carbocycles. The van der Waals surface area contributed by atoms with Crippen molar-refractivity contribution < 1.29 is 4.79 Å². The minimum Gasteiger partial charge on any atom is -0.352 e. The van der Waals surface area contributed by atoms with Crippen molar-refractivity contribution in [2.75, 3.05) is 18.0 Å². The van der Waals surface area contributed by atoms with E-state index < -0.39 is 5.69 Å². The SMILES string of the molecule is C=CC(=O)N1C(C)CN(c2nc(=O)n(-c3c(C(C)C)ccnc3C(C)C)c3nc(-c4ccccc4C)c(Cl)cc23)CC1C. The van der Waals surface area contributed by atoms with Crippen LogP contribution in [0.2, 0.25) is 5.02 Å². The molecule has 5 rings (SSSR count). The van der Waals surface area contributed by atoms with Crippen molar-refractivity contribution in [2.24, 2.45) is 0 Å². The molecule has 1 amide bonds. The normalized spacial score (nSPS) is 17.3. The number of aryl methyl sites for hydroxylation is 1. The fraction of sp³-hybridized carbons (Fsp3) is 0.382. The van der Waals surface area contributed by atoms with Gasteiger partial charge in [0.05, 0.1) is 27.5 Å². The van der Waals surface area contributed by atoms with Crippen molar-refractivity contribution in [1.82, 2.24) is 24.4 Å². The number of piperazine rings is 1. The molecule has 8 nitrogen and oxygen atoms in total. The molecular formula is C34H39ClN6O2. The number of hydrogen-bond acceptors (Lipinski definition) is 6. The van der Waals surface area contributed by atoms with E-state index in [1.165, 1.54) is 6.08 Å². The number of aromatic nitrogens is 4. The van der Waals surface area contributed by atoms with Crippen LogP contribution in [0, 0.1) is 6.92 Å². The number of nitrogens with zero attached hydrogens (tertiary/aromatic N) is 6. The van der Waals surface area contributed by atoms with Crippen LogP contribution in [0.1, 0.15) is 70.2 Å². The van der Waals surface area contributed by atoms with Crippen molar-refractivity contribution in [1.29, 1.82) is 0 Å². The topological polar surface area (TPSA) is 84.2 Å². The Kier molecular flexibility index (Phi) is 8.43. The molecular weight excluding hydrogens is 560 g/mol. The third-order valence-corrected chi connectivity index (χ3v) is 8.51. The van der Waals surface area contributed by atoms with Crippen LogP contribution in [0.3, 0.4) is 0 Å². The highest BCUT2D eigenvalue weighted by Crippen LogP contribution is 2.37. The summed E-state index contributed by atoms with van der Waals surface area (Å²) in [5.41, 5.74) is 5.06. The van der Waals surface area contributed by atoms with Gasteiger partial charge in [-0.25, -0.2) is 14.3 Å². The second-order valence-electron chi connectivity index (χ2n) is 12.1. The molecule has 1 aliphatic heterocycles. The number of pyridine rings is 2. The highest BCUT2D eigenvalue weighted by molar-refractivity contribution is 6.34. The van der Waals surface area contributed by atoms with Crippen LogP contribution in [-0.2, 0) is 4.79 Å². The second-order valence-corrected chi connectivity index (χ2v) is 12.5. The van der Waals surface area contributed by atoms with Crippen LogP contribution in [0.5, 0.6) is 0 Å². The first kappa shape index (κ1) is 30.4. The molecule has 9 heteroatoms. The summed E-state index contributed by atoms with van der Waals surface area (Å²) >= 11 is 6.99. The molecule has 3 aromatic heterocycles. The lowest BCUT2D eigenvalue weighted by atomic mass is 9.97. The minimum absolute atomic E-state index is 0.0515. The largest absolute Gasteiger partial charge is 0.355 e. The lowest BCUT2D eigenvalue weighted by Gasteiger charge is -2.44. The first-order valence-corrected chi connectivity index (χ1v) is 15.2. The van der Waals surface area contributed by atoms with E-state index in [1.54, 1.807) is 10.8 Å². The third kappa shape index (κ3) is 5.44. The Morgan fingerprint density at radius 2 is 1.72 bits per heavy atom. The second kappa shape index (κ2) is 11.9. The van der Waals surface area contributed by atoms with Crippen LogP contribution in [0.15, 0.2) is 60.0 Å². The number of amides is 1. The number of rotatable bonds is 6. The van der Waals surface area contributed by atoms with Crippen molar-refractivity contribution in [3.05, 3.63) is 87.6 Å². The molecule has 2 unspecified atom stereocenters. The summed E-state index contributed by atoms with van der Waals surface area (Å²) in [5.74, 6) is 0.569. The van der Waals surface area contributed by atoms with Gasteiger partial charge in [-0.3, -0.25) is 9.78 Å². The predicted molar refractivity (Wildman–Crippen MR) is 174 cm³/mol. The highest BCUT2D eigenvalue weighted by Gasteiger charge is 2.34. The van der Waals surface area contributed by atoms with Crippen LogP contribution >= 0.6 is 11.6 Å². The number of halogens is 1. The van der Waals surface area contributed by atoms with Crippen LogP contribution < -0.4 is 10.6 Å². The minimum atomic E-state index is -0.435. The van der Waals surface area contributed by atoms with Crippen molar-refractivity contribution in [3.63, 3.8) is 0 Å². The van der Waals surface area contributed by atoms with Gasteiger partial charge in [0, 0.05) is 36.9 Å². The van der Waals surface area contributed by atoms with Crippen LogP contribution in [-0.4, -0.2) is 55.5 Å². The van der Waals surface area contributed by atoms with Crippen molar-refractivity contribution >= 4 is 34.4 Å². The summed E-state index contributed by atoms with van der Waals surface area (Å²) in [4.78, 5) is 45.4. The zero-order valence-corrected chi connectivity index (χ0v) is 26.7. The molecule has 1 fully saturated rings. The molecule has 4 aromatic rings. The van der Waals surface area contributed by atoms with Gasteiger partial charge in [-0.1, -0.05) is 70.1 Å². The number of anilines is 1. The molecule has 4 heterocycles. The molecule has 1 aromatic carbocycles. The van der Waals surface area contributed by atoms with Crippen molar-refractivity contribution in [3.8, 4) is 16.9 Å². The van der Waals surface area contributed by atoms with E-state index in [4.69, 9.17) is 26.6 Å². The zero-order chi connectivity index (χ0) is 31.2. The standard InChI is InChI=1S/C34H39ClN6O2/c1-9-28(42)40-22(7)17-39(18-23(40)8)32-26-16-27(35)30(25-13-11-10-12-21(25)6)37-33(26)41(34(43)38-32)31-24(19(2)3)14-15-36-29(31)20(4)5/h9-16,19-20,22-23H,1,17-18H2,2-8H3. The summed E-state index contributed by atoms with van der Waals surface area (Å²) in [6.07, 6.45) is 3.15. The van der Waals surface area contributed by atoms with Gasteiger partial charge in [-0.2, -0.15) is 4.98 Å². The van der Waals surface area contributed by atoms with Gasteiger partial charge in [0.15, 0.2) is 5.65 Å². The van der Waals surface area contributed by atoms with E-state index in [0.717, 1.165) is 28.1 Å². The number of hydrogen-bond donors (Lipinski definition) is 0. The van der Waals surface area contributed by atoms with E-state index in [0.29, 0.717) is 40.7 Å². The number of carbonyl (C=O) groups is 1. The third-order valence-electron chi connectivity index (χ3n) is 8.23. The lowest BCUT2D eigenvalue weighted by molar-refractivity contribution is -0.130. The first-order chi connectivity index (χ1) is 20.4. The molecule has 1 saturated heterocycles. The zero-order valence-electron chi connectivity index (χ0n) is 25.9. The van der Waals surface area contributed by atoms with E-state index in [9.17, 15) is 9.59 Å². The van der Waals surface area contributed by atoms with Gasteiger partial charge in [-0.15, -0.1) is 0 Å². The highest BCUT2D eigenvalue weighted by atomic mass is 35.5. The maximum Gasteiger partial charge on any atom is 0.355 e. The molecule has 2 atom stereocenters. The van der Waals surface area contributed by atoms with E-state index in [1.807, 2.05) is 62.1 Å². The molecule has 43 heavy (non-hydrogen) atoms. The Labute approximate surface area is 258 Å². The number of benzene rings is 1. The van der Waals surface area contributed by atoms with Gasteiger partial charge in [0.2, 0.25) is 5.91 Å². The van der Waals surface area contributed by atoms with Gasteiger partial charge >= 0.3 is 5.69 Å². The van der Waals surface area contributed by atoms with Gasteiger partial charge in [0.25, 0.3) is 0 Å². The molecule has 224 valence electrons. The average molecular weight is 599 g/mol. The monoisotopic (exact) mass is 598 g/mol. The van der Waals surface area contributed by atoms with Gasteiger partial charge in [0.1, 0.15) is 5.82 Å². The van der Waals surface area contributed by atoms with Gasteiger partial charge in [-0.05, 0) is 61.9 Å². The Bertz CT molecular complexity index is 1740. The van der Waals surface area contributed by atoms with Crippen LogP contribution in [0.25, 0.3) is 28.0 Å². The number of fused-ring (bicyclic) bond motifs is 1. The van der Waals surface area contributed by atoms with Crippen molar-refractivity contribution in [2.45, 2.75) is 72.4 Å². The summed E-state index contributed by atoms with van der Waals surface area (Å²) in [6.45, 7) is 19.0. The Hall–Kier alpha value is -4.04. The number of carbonyl (C=O) groups excluding carboxylic acids is 1. The smallest absolute Gasteiger partial charge is 0.352 e. The fourth-order valence-electron chi connectivity index (χ4n) is 6.23. The van der Waals surface area contributed by atoms with E-state index in [-0.39, 0.29) is 29.8 Å².